The molecule has 1 amide bonds. The van der Waals surface area contributed by atoms with Crippen molar-refractivity contribution < 1.29 is 4.79 Å². The maximum Gasteiger partial charge on any atom is 0.230 e. The Bertz CT molecular complexity index is 945. The molecule has 0 aliphatic rings. The quantitative estimate of drug-likeness (QED) is 0.412. The Morgan fingerprint density at radius 3 is 2.96 bits per heavy atom. The van der Waals surface area contributed by atoms with Crippen LogP contribution in [0.1, 0.15) is 0 Å². The van der Waals surface area contributed by atoms with Crippen LogP contribution in [-0.4, -0.2) is 28.2 Å². The average molecular weight is 455 g/mol. The summed E-state index contributed by atoms with van der Waals surface area (Å²) in [6.45, 7) is 4.04. The topological polar surface area (TPSA) is 54.9 Å². The van der Waals surface area contributed by atoms with Gasteiger partial charge < -0.3 is 5.32 Å². The summed E-state index contributed by atoms with van der Waals surface area (Å²) < 4.78 is 2.62. The molecular weight excluding hydrogens is 442 g/mol. The van der Waals surface area contributed by atoms with Crippen molar-refractivity contribution in [2.75, 3.05) is 12.3 Å². The Labute approximate surface area is 166 Å². The van der Waals surface area contributed by atoms with Crippen molar-refractivity contribution >= 4 is 66.9 Å². The highest BCUT2D eigenvalue weighted by atomic mass is 79.9. The molecule has 0 saturated carbocycles. The third-order valence-corrected chi connectivity index (χ3v) is 6.28. The van der Waals surface area contributed by atoms with Crippen molar-refractivity contribution in [3.63, 3.8) is 0 Å². The van der Waals surface area contributed by atoms with Gasteiger partial charge >= 0.3 is 0 Å². The molecule has 3 rings (SSSR count). The summed E-state index contributed by atoms with van der Waals surface area (Å²) in [6.07, 6.45) is 1.65. The molecule has 8 heteroatoms. The van der Waals surface area contributed by atoms with Crippen LogP contribution in [0.2, 0.25) is 5.02 Å². The number of carbonyl (C=O) groups is 1. The first-order valence-corrected chi connectivity index (χ1v) is 10.3. The standard InChI is InChI=1S/C17H13BrClN3OS2/c1-2-7-20-14(23)9-24-17-22-16-13(25-17)8-11(18)15(21-16)10-5-3-4-6-12(10)19/h2-6,8H,1,7,9H2,(H,20,23). The van der Waals surface area contributed by atoms with Crippen molar-refractivity contribution in [1.82, 2.24) is 15.3 Å². The lowest BCUT2D eigenvalue weighted by molar-refractivity contribution is -0.118. The van der Waals surface area contributed by atoms with Crippen LogP contribution in [-0.2, 0) is 4.79 Å². The van der Waals surface area contributed by atoms with E-state index in [0.29, 0.717) is 23.0 Å². The number of nitrogens with zero attached hydrogens (tertiary/aromatic N) is 2. The van der Waals surface area contributed by atoms with E-state index in [-0.39, 0.29) is 5.91 Å². The fourth-order valence-electron chi connectivity index (χ4n) is 2.09. The molecule has 2 aromatic heterocycles. The van der Waals surface area contributed by atoms with Gasteiger partial charge in [0.05, 0.1) is 16.1 Å². The Kier molecular flexibility index (Phi) is 6.11. The highest BCUT2D eigenvalue weighted by Gasteiger charge is 2.14. The van der Waals surface area contributed by atoms with Gasteiger partial charge in [-0.25, -0.2) is 9.97 Å². The predicted octanol–water partition coefficient (Wildman–Crippen LogP) is 5.17. The maximum absolute atomic E-state index is 11.7. The van der Waals surface area contributed by atoms with E-state index in [9.17, 15) is 4.79 Å². The first-order chi connectivity index (χ1) is 12.1. The molecule has 0 spiro atoms. The smallest absolute Gasteiger partial charge is 0.230 e. The molecule has 128 valence electrons. The van der Waals surface area contributed by atoms with Crippen LogP contribution in [0.15, 0.2) is 51.8 Å². The number of aromatic nitrogens is 2. The summed E-state index contributed by atoms with van der Waals surface area (Å²) in [4.78, 5) is 20.9. The maximum atomic E-state index is 11.7. The second-order valence-corrected chi connectivity index (χ2v) is 8.50. The molecule has 2 heterocycles. The molecule has 0 bridgehead atoms. The number of thioether (sulfide) groups is 1. The lowest BCUT2D eigenvalue weighted by Gasteiger charge is -2.05. The van der Waals surface area contributed by atoms with Crippen molar-refractivity contribution in [3.05, 3.63) is 52.5 Å². The molecule has 0 saturated heterocycles. The van der Waals surface area contributed by atoms with Crippen LogP contribution in [0.5, 0.6) is 0 Å². The molecule has 0 aliphatic carbocycles. The van der Waals surface area contributed by atoms with Crippen LogP contribution < -0.4 is 5.32 Å². The molecule has 4 nitrogen and oxygen atoms in total. The molecular formula is C17H13BrClN3OS2. The van der Waals surface area contributed by atoms with Gasteiger partial charge in [0.2, 0.25) is 5.91 Å². The zero-order valence-electron chi connectivity index (χ0n) is 13.0. The Hall–Kier alpha value is -1.41. The zero-order chi connectivity index (χ0) is 17.8. The summed E-state index contributed by atoms with van der Waals surface area (Å²) in [5.74, 6) is 0.265. The minimum Gasteiger partial charge on any atom is -0.352 e. The number of hydrogen-bond acceptors (Lipinski definition) is 5. The summed E-state index contributed by atoms with van der Waals surface area (Å²) >= 11 is 12.8. The Morgan fingerprint density at radius 2 is 2.20 bits per heavy atom. The molecule has 0 atom stereocenters. The first-order valence-electron chi connectivity index (χ1n) is 7.31. The van der Waals surface area contributed by atoms with Crippen LogP contribution in [0.25, 0.3) is 21.6 Å². The van der Waals surface area contributed by atoms with E-state index in [4.69, 9.17) is 11.6 Å². The van der Waals surface area contributed by atoms with Crippen LogP contribution in [0.3, 0.4) is 0 Å². The van der Waals surface area contributed by atoms with Crippen molar-refractivity contribution in [2.45, 2.75) is 4.34 Å². The van der Waals surface area contributed by atoms with E-state index in [0.717, 1.165) is 24.8 Å². The zero-order valence-corrected chi connectivity index (χ0v) is 16.9. The minimum absolute atomic E-state index is 0.0462. The Morgan fingerprint density at radius 1 is 1.40 bits per heavy atom. The summed E-state index contributed by atoms with van der Waals surface area (Å²) in [5.41, 5.74) is 2.25. The lowest BCUT2D eigenvalue weighted by atomic mass is 10.1. The third kappa shape index (κ3) is 4.41. The fraction of sp³-hybridized carbons (Fsp3) is 0.118. The molecule has 3 aromatic rings. The predicted molar refractivity (Wildman–Crippen MR) is 109 cm³/mol. The summed E-state index contributed by atoms with van der Waals surface area (Å²) in [6, 6.07) is 9.55. The van der Waals surface area contributed by atoms with E-state index in [1.54, 1.807) is 6.08 Å². The minimum atomic E-state index is -0.0462. The molecule has 1 aromatic carbocycles. The molecule has 0 fully saturated rings. The largest absolute Gasteiger partial charge is 0.352 e. The SMILES string of the molecule is C=CCNC(=O)CSc1nc2nc(-c3ccccc3Cl)c(Br)cc2s1. The van der Waals surface area contributed by atoms with Crippen molar-refractivity contribution in [1.29, 1.82) is 0 Å². The summed E-state index contributed by atoms with van der Waals surface area (Å²) in [7, 11) is 0. The van der Waals surface area contributed by atoms with Gasteiger partial charge in [-0.05, 0) is 28.1 Å². The Balaban J connectivity index is 1.85. The van der Waals surface area contributed by atoms with E-state index in [1.165, 1.54) is 23.1 Å². The van der Waals surface area contributed by atoms with Gasteiger partial charge in [0.1, 0.15) is 0 Å². The number of pyridine rings is 1. The molecule has 0 radical (unpaired) electrons. The van der Waals surface area contributed by atoms with Gasteiger partial charge in [-0.3, -0.25) is 4.79 Å². The number of rotatable bonds is 6. The lowest BCUT2D eigenvalue weighted by Crippen LogP contribution is -2.24. The number of fused-ring (bicyclic) bond motifs is 1. The number of thiazole rings is 1. The molecule has 0 aliphatic heterocycles. The van der Waals surface area contributed by atoms with Crippen LogP contribution in [0, 0.1) is 0 Å². The number of hydrogen-bond donors (Lipinski definition) is 1. The molecule has 25 heavy (non-hydrogen) atoms. The number of nitrogens with one attached hydrogen (secondary N) is 1. The molecule has 1 N–H and O–H groups in total. The van der Waals surface area contributed by atoms with E-state index < -0.39 is 0 Å². The van der Waals surface area contributed by atoms with Crippen molar-refractivity contribution in [3.8, 4) is 11.3 Å². The van der Waals surface area contributed by atoms with Gasteiger partial charge in [0.15, 0.2) is 9.99 Å². The summed E-state index contributed by atoms with van der Waals surface area (Å²) in [5, 5.41) is 3.38. The van der Waals surface area contributed by atoms with E-state index in [1.807, 2.05) is 30.3 Å². The fourth-order valence-corrected chi connectivity index (χ4v) is 4.87. The van der Waals surface area contributed by atoms with Gasteiger partial charge in [-0.1, -0.05) is 47.6 Å². The second-order valence-electron chi connectivity index (χ2n) is 4.98. The normalized spacial score (nSPS) is 10.8. The average Bonchev–Trinajstić information content (AvgIpc) is 2.99. The number of carbonyl (C=O) groups excluding carboxylic acids is 1. The van der Waals surface area contributed by atoms with E-state index in [2.05, 4.69) is 37.8 Å². The third-order valence-electron chi connectivity index (χ3n) is 3.22. The number of amides is 1. The first kappa shape index (κ1) is 18.4. The highest BCUT2D eigenvalue weighted by molar-refractivity contribution is 9.10. The monoisotopic (exact) mass is 453 g/mol. The van der Waals surface area contributed by atoms with Gasteiger partial charge in [-0.2, -0.15) is 0 Å². The van der Waals surface area contributed by atoms with E-state index >= 15 is 0 Å². The highest BCUT2D eigenvalue weighted by Crippen LogP contribution is 2.36. The van der Waals surface area contributed by atoms with Gasteiger partial charge in [0.25, 0.3) is 0 Å². The van der Waals surface area contributed by atoms with Crippen molar-refractivity contribution in [2.24, 2.45) is 0 Å². The molecule has 0 unspecified atom stereocenters. The van der Waals surface area contributed by atoms with Gasteiger partial charge in [-0.15, -0.1) is 17.9 Å². The second kappa shape index (κ2) is 8.31. The number of benzene rings is 1. The van der Waals surface area contributed by atoms with Crippen LogP contribution >= 0.6 is 50.6 Å². The number of halogens is 2. The van der Waals surface area contributed by atoms with Gasteiger partial charge in [0, 0.05) is 21.6 Å². The van der Waals surface area contributed by atoms with Crippen LogP contribution in [0.4, 0.5) is 0 Å².